The van der Waals surface area contributed by atoms with Gasteiger partial charge in [-0.3, -0.25) is 9.69 Å². The Morgan fingerprint density at radius 3 is 2.56 bits per heavy atom. The normalized spacial score (nSPS) is 14.1. The Hall–Kier alpha value is -3.56. The van der Waals surface area contributed by atoms with Crippen molar-refractivity contribution in [3.05, 3.63) is 71.0 Å². The maximum Gasteiger partial charge on any atom is 0.253 e. The number of H-pyrrole nitrogens is 1. The summed E-state index contributed by atoms with van der Waals surface area (Å²) in [6.07, 6.45) is 4.60. The van der Waals surface area contributed by atoms with E-state index in [1.54, 1.807) is 39.0 Å². The number of amides is 1. The molecular weight excluding hydrogens is 510 g/mol. The zero-order valence-electron chi connectivity index (χ0n) is 23.2. The second-order valence-corrected chi connectivity index (χ2v) is 13.5. The number of carbonyl (C=O) groups is 1. The lowest BCUT2D eigenvalue weighted by atomic mass is 9.92. The minimum atomic E-state index is -3.07. The molecule has 0 aliphatic carbocycles. The molecular formula is C30H35N5O3S. The van der Waals surface area contributed by atoms with Crippen molar-refractivity contribution in [3.63, 3.8) is 0 Å². The fourth-order valence-electron chi connectivity index (χ4n) is 5.11. The molecule has 0 bridgehead atoms. The third-order valence-electron chi connectivity index (χ3n) is 7.57. The molecule has 9 heteroatoms. The molecule has 0 saturated carbocycles. The van der Waals surface area contributed by atoms with E-state index in [1.165, 1.54) is 16.7 Å². The van der Waals surface area contributed by atoms with Gasteiger partial charge in [0, 0.05) is 56.6 Å². The van der Waals surface area contributed by atoms with Gasteiger partial charge in [0.1, 0.15) is 5.52 Å². The van der Waals surface area contributed by atoms with Crippen LogP contribution in [-0.4, -0.2) is 77.3 Å². The molecule has 1 amide bonds. The van der Waals surface area contributed by atoms with E-state index < -0.39 is 9.84 Å². The Morgan fingerprint density at radius 2 is 1.87 bits per heavy atom. The summed E-state index contributed by atoms with van der Waals surface area (Å²) < 4.78 is 24.7. The second-order valence-electron chi connectivity index (χ2n) is 10.8. The molecule has 39 heavy (non-hydrogen) atoms. The molecule has 1 aliphatic heterocycles. The van der Waals surface area contributed by atoms with E-state index in [2.05, 4.69) is 33.9 Å². The molecule has 0 fully saturated rings. The van der Waals surface area contributed by atoms with Crippen molar-refractivity contribution >= 4 is 26.9 Å². The SMILES string of the molecule is Cc1cc(-c2cnc3[nH]cc(-c4ccc(C(=O)N(C)C)cc4)c3n2)cc2c1CCN(CCS(=O)(=O)C(C)C)C2. The number of nitrogens with zero attached hydrogens (tertiary/aromatic N) is 4. The van der Waals surface area contributed by atoms with Gasteiger partial charge in [-0.25, -0.2) is 18.4 Å². The van der Waals surface area contributed by atoms with Gasteiger partial charge in [0.25, 0.3) is 5.91 Å². The van der Waals surface area contributed by atoms with E-state index in [4.69, 9.17) is 4.98 Å². The number of sulfone groups is 1. The van der Waals surface area contributed by atoms with E-state index >= 15 is 0 Å². The van der Waals surface area contributed by atoms with Gasteiger partial charge in [-0.1, -0.05) is 12.1 Å². The summed E-state index contributed by atoms with van der Waals surface area (Å²) in [5.74, 6) is 0.145. The first-order valence-electron chi connectivity index (χ1n) is 13.3. The maximum absolute atomic E-state index is 12.3. The van der Waals surface area contributed by atoms with Crippen LogP contribution in [0.5, 0.6) is 0 Å². The van der Waals surface area contributed by atoms with Gasteiger partial charge in [-0.05, 0) is 73.7 Å². The number of hydrogen-bond donors (Lipinski definition) is 1. The van der Waals surface area contributed by atoms with Gasteiger partial charge >= 0.3 is 0 Å². The minimum Gasteiger partial charge on any atom is -0.345 e. The molecule has 0 unspecified atom stereocenters. The average Bonchev–Trinajstić information content (AvgIpc) is 3.34. The van der Waals surface area contributed by atoms with Crippen LogP contribution in [0.25, 0.3) is 33.5 Å². The summed E-state index contributed by atoms with van der Waals surface area (Å²) in [5.41, 5.74) is 9.55. The summed E-state index contributed by atoms with van der Waals surface area (Å²) in [7, 11) is 0.412. The lowest BCUT2D eigenvalue weighted by Crippen LogP contribution is -2.36. The van der Waals surface area contributed by atoms with Crippen molar-refractivity contribution in [1.82, 2.24) is 24.8 Å². The number of nitrogens with one attached hydrogen (secondary N) is 1. The predicted molar refractivity (Wildman–Crippen MR) is 155 cm³/mol. The number of rotatable bonds is 7. The Bertz CT molecular complexity index is 1640. The quantitative estimate of drug-likeness (QED) is 0.368. The molecule has 5 rings (SSSR count). The number of hydrogen-bond acceptors (Lipinski definition) is 6. The molecule has 8 nitrogen and oxygen atoms in total. The first-order valence-corrected chi connectivity index (χ1v) is 15.0. The van der Waals surface area contributed by atoms with Gasteiger partial charge in [-0.15, -0.1) is 0 Å². The van der Waals surface area contributed by atoms with Crippen LogP contribution in [0, 0.1) is 6.92 Å². The molecule has 1 N–H and O–H groups in total. The number of aromatic amines is 1. The summed E-state index contributed by atoms with van der Waals surface area (Å²) in [6, 6.07) is 11.9. The number of aryl methyl sites for hydroxylation is 1. The molecule has 0 saturated heterocycles. The second kappa shape index (κ2) is 10.5. The van der Waals surface area contributed by atoms with Crippen LogP contribution < -0.4 is 0 Å². The highest BCUT2D eigenvalue weighted by Crippen LogP contribution is 2.32. The van der Waals surface area contributed by atoms with Gasteiger partial charge in [-0.2, -0.15) is 0 Å². The highest BCUT2D eigenvalue weighted by Gasteiger charge is 2.23. The third-order valence-corrected chi connectivity index (χ3v) is 9.76. The van der Waals surface area contributed by atoms with E-state index in [0.717, 1.165) is 47.4 Å². The summed E-state index contributed by atoms with van der Waals surface area (Å²) >= 11 is 0. The molecule has 0 radical (unpaired) electrons. The zero-order valence-corrected chi connectivity index (χ0v) is 24.0. The lowest BCUT2D eigenvalue weighted by Gasteiger charge is -2.30. The highest BCUT2D eigenvalue weighted by molar-refractivity contribution is 7.92. The van der Waals surface area contributed by atoms with Crippen LogP contribution in [0.3, 0.4) is 0 Å². The minimum absolute atomic E-state index is 0.0366. The predicted octanol–water partition coefficient (Wildman–Crippen LogP) is 4.48. The van der Waals surface area contributed by atoms with Crippen LogP contribution >= 0.6 is 0 Å². The molecule has 4 aromatic rings. The van der Waals surface area contributed by atoms with Crippen molar-refractivity contribution in [2.24, 2.45) is 0 Å². The fraction of sp³-hybridized carbons (Fsp3) is 0.367. The van der Waals surface area contributed by atoms with Gasteiger partial charge in [0.05, 0.1) is 22.9 Å². The highest BCUT2D eigenvalue weighted by atomic mass is 32.2. The molecule has 1 aliphatic rings. The van der Waals surface area contributed by atoms with Gasteiger partial charge < -0.3 is 9.88 Å². The van der Waals surface area contributed by atoms with Crippen molar-refractivity contribution in [2.75, 3.05) is 32.9 Å². The standard InChI is InChI=1S/C30H35N5O3S/c1-19(2)39(37,38)13-12-35-11-10-25-20(3)14-23(15-24(25)18-35)27-17-32-29-28(33-27)26(16-31-29)21-6-8-22(9-7-21)30(36)34(4)5/h6-9,14-17,19H,10-13,18H2,1-5H3,(H,31,32). The molecule has 204 valence electrons. The Morgan fingerprint density at radius 1 is 1.13 bits per heavy atom. The van der Waals surface area contributed by atoms with Crippen LogP contribution in [0.1, 0.15) is 40.9 Å². The Balaban J connectivity index is 1.43. The van der Waals surface area contributed by atoms with E-state index in [-0.39, 0.29) is 16.9 Å². The van der Waals surface area contributed by atoms with Crippen molar-refractivity contribution in [2.45, 2.75) is 39.0 Å². The largest absolute Gasteiger partial charge is 0.345 e. The van der Waals surface area contributed by atoms with Crippen molar-refractivity contribution < 1.29 is 13.2 Å². The Labute approximate surface area is 230 Å². The first-order chi connectivity index (χ1) is 18.5. The summed E-state index contributed by atoms with van der Waals surface area (Å²) in [5, 5.41) is -0.353. The monoisotopic (exact) mass is 545 g/mol. The molecule has 3 heterocycles. The molecule has 0 atom stereocenters. The third kappa shape index (κ3) is 5.46. The molecule has 2 aromatic carbocycles. The van der Waals surface area contributed by atoms with Gasteiger partial charge in [0.15, 0.2) is 15.5 Å². The summed E-state index contributed by atoms with van der Waals surface area (Å²) in [6.45, 7) is 7.74. The summed E-state index contributed by atoms with van der Waals surface area (Å²) in [4.78, 5) is 28.9. The van der Waals surface area contributed by atoms with Crippen molar-refractivity contribution in [1.29, 1.82) is 0 Å². The van der Waals surface area contributed by atoms with Crippen LogP contribution in [0.4, 0.5) is 0 Å². The number of carbonyl (C=O) groups excluding carboxylic acids is 1. The van der Waals surface area contributed by atoms with E-state index in [9.17, 15) is 13.2 Å². The fourth-order valence-corrected chi connectivity index (χ4v) is 6.09. The van der Waals surface area contributed by atoms with Crippen LogP contribution in [0.15, 0.2) is 48.8 Å². The van der Waals surface area contributed by atoms with Crippen LogP contribution in [0.2, 0.25) is 0 Å². The molecule has 2 aromatic heterocycles. The topological polar surface area (TPSA) is 99.3 Å². The Kier molecular flexibility index (Phi) is 7.31. The maximum atomic E-state index is 12.3. The number of aromatic nitrogens is 3. The molecule has 0 spiro atoms. The average molecular weight is 546 g/mol. The van der Waals surface area contributed by atoms with E-state index in [1.807, 2.05) is 30.5 Å². The number of benzene rings is 2. The zero-order chi connectivity index (χ0) is 27.9. The lowest BCUT2D eigenvalue weighted by molar-refractivity contribution is 0.0827. The first kappa shape index (κ1) is 27.0. The number of fused-ring (bicyclic) bond motifs is 2. The van der Waals surface area contributed by atoms with Crippen LogP contribution in [-0.2, 0) is 22.8 Å². The smallest absolute Gasteiger partial charge is 0.253 e. The van der Waals surface area contributed by atoms with Crippen molar-refractivity contribution in [3.8, 4) is 22.4 Å². The van der Waals surface area contributed by atoms with Gasteiger partial charge in [0.2, 0.25) is 0 Å². The van der Waals surface area contributed by atoms with E-state index in [0.29, 0.717) is 17.8 Å².